The molecule has 0 fully saturated rings. The first-order valence-corrected chi connectivity index (χ1v) is 10.4. The lowest BCUT2D eigenvalue weighted by Crippen LogP contribution is -2.30. The van der Waals surface area contributed by atoms with E-state index < -0.39 is 0 Å². The predicted molar refractivity (Wildman–Crippen MR) is 124 cm³/mol. The summed E-state index contributed by atoms with van der Waals surface area (Å²) in [5, 5.41) is 1.03. The molecule has 6 heteroatoms. The second kappa shape index (κ2) is 8.05. The minimum Gasteiger partial charge on any atom is -0.482 e. The van der Waals surface area contributed by atoms with Gasteiger partial charge in [-0.3, -0.25) is 4.99 Å². The third kappa shape index (κ3) is 3.76. The van der Waals surface area contributed by atoms with Gasteiger partial charge in [-0.1, -0.05) is 71.7 Å². The van der Waals surface area contributed by atoms with Crippen molar-refractivity contribution in [2.45, 2.75) is 18.9 Å². The molecule has 2 aliphatic heterocycles. The van der Waals surface area contributed by atoms with Crippen LogP contribution in [0.2, 0.25) is 5.02 Å². The number of aliphatic imine (C=N–C) groups is 3. The summed E-state index contributed by atoms with van der Waals surface area (Å²) in [6.45, 7) is 0. The van der Waals surface area contributed by atoms with Gasteiger partial charge in [-0.15, -0.1) is 0 Å². The van der Waals surface area contributed by atoms with Crippen molar-refractivity contribution < 1.29 is 4.74 Å². The van der Waals surface area contributed by atoms with Crippen molar-refractivity contribution in [1.82, 2.24) is 0 Å². The number of ether oxygens (including phenoxy) is 1. The third-order valence-corrected chi connectivity index (χ3v) is 5.56. The zero-order chi connectivity index (χ0) is 20.5. The molecule has 1 atom stereocenters. The zero-order valence-corrected chi connectivity index (χ0v) is 17.4. The van der Waals surface area contributed by atoms with Crippen molar-refractivity contribution in [3.05, 3.63) is 83.4 Å². The van der Waals surface area contributed by atoms with E-state index in [1.165, 1.54) is 0 Å². The molecule has 0 N–H and O–H groups in total. The van der Waals surface area contributed by atoms with E-state index in [1.54, 1.807) is 0 Å². The average Bonchev–Trinajstić information content (AvgIpc) is 3.06. The van der Waals surface area contributed by atoms with Crippen molar-refractivity contribution in [3.63, 3.8) is 0 Å². The molecule has 0 amide bonds. The van der Waals surface area contributed by atoms with Crippen LogP contribution in [0, 0.1) is 0 Å². The van der Waals surface area contributed by atoms with E-state index in [0.29, 0.717) is 34.5 Å². The number of benzene rings is 3. The number of fused-ring (bicyclic) bond motifs is 2. The predicted octanol–water partition coefficient (Wildman–Crippen LogP) is 7.06. The second-order valence-corrected chi connectivity index (χ2v) is 7.92. The van der Waals surface area contributed by atoms with Crippen LogP contribution in [0.5, 0.6) is 5.75 Å². The van der Waals surface area contributed by atoms with Gasteiger partial charge in [0.15, 0.2) is 0 Å². The van der Waals surface area contributed by atoms with Crippen LogP contribution in [-0.4, -0.2) is 22.7 Å². The molecule has 0 aromatic heterocycles. The topological polar surface area (TPSA) is 46.3 Å². The molecule has 0 aliphatic carbocycles. The molecule has 148 valence electrons. The lowest BCUT2D eigenvalue weighted by atomic mass is 10.00. The van der Waals surface area contributed by atoms with Crippen molar-refractivity contribution in [2.24, 2.45) is 15.0 Å². The standard InChI is InChI=1S/C24H17Cl2N3O/c25-16-9-6-12-21-24(16)29-19(15-7-2-1-3-8-15)13-22(30-21)20-14-23(26)28-18-11-5-4-10-17(18)27-20/h1-12,22H,13-14H2. The highest BCUT2D eigenvalue weighted by Gasteiger charge is 2.28. The molecule has 0 bridgehead atoms. The summed E-state index contributed by atoms with van der Waals surface area (Å²) in [6, 6.07) is 23.3. The van der Waals surface area contributed by atoms with E-state index in [0.717, 1.165) is 28.4 Å². The molecule has 3 aromatic carbocycles. The maximum absolute atomic E-state index is 6.46. The molecule has 1 unspecified atom stereocenters. The molecule has 5 rings (SSSR count). The largest absolute Gasteiger partial charge is 0.482 e. The average molecular weight is 434 g/mol. The quantitative estimate of drug-likeness (QED) is 0.426. The smallest absolute Gasteiger partial charge is 0.147 e. The van der Waals surface area contributed by atoms with Crippen LogP contribution < -0.4 is 4.74 Å². The maximum atomic E-state index is 6.46. The van der Waals surface area contributed by atoms with Crippen molar-refractivity contribution >= 4 is 56.9 Å². The van der Waals surface area contributed by atoms with Gasteiger partial charge >= 0.3 is 0 Å². The lowest BCUT2D eigenvalue weighted by molar-refractivity contribution is 0.277. The number of halogens is 2. The molecule has 0 radical (unpaired) electrons. The molecule has 4 nitrogen and oxygen atoms in total. The van der Waals surface area contributed by atoms with Gasteiger partial charge in [-0.25, -0.2) is 9.98 Å². The maximum Gasteiger partial charge on any atom is 0.147 e. The Kier molecular flexibility index (Phi) is 5.11. The lowest BCUT2D eigenvalue weighted by Gasteiger charge is -2.19. The number of para-hydroxylation sites is 3. The van der Waals surface area contributed by atoms with Gasteiger partial charge in [0.1, 0.15) is 22.7 Å². The van der Waals surface area contributed by atoms with E-state index >= 15 is 0 Å². The van der Waals surface area contributed by atoms with Crippen molar-refractivity contribution in [3.8, 4) is 5.75 Å². The monoisotopic (exact) mass is 433 g/mol. The number of hydrogen-bond donors (Lipinski definition) is 0. The van der Waals surface area contributed by atoms with Crippen LogP contribution in [0.25, 0.3) is 0 Å². The summed E-state index contributed by atoms with van der Waals surface area (Å²) in [6.07, 6.45) is 0.609. The van der Waals surface area contributed by atoms with Gasteiger partial charge in [-0.2, -0.15) is 0 Å². The van der Waals surface area contributed by atoms with Gasteiger partial charge in [-0.05, 0) is 29.8 Å². The number of rotatable bonds is 2. The van der Waals surface area contributed by atoms with E-state index in [1.807, 2.05) is 72.8 Å². The molecule has 2 aliphatic rings. The molecule has 3 aromatic rings. The molecule has 0 saturated carbocycles. The Bertz CT molecular complexity index is 1200. The van der Waals surface area contributed by atoms with Crippen LogP contribution in [0.4, 0.5) is 17.1 Å². The zero-order valence-electron chi connectivity index (χ0n) is 15.9. The molecule has 30 heavy (non-hydrogen) atoms. The summed E-state index contributed by atoms with van der Waals surface area (Å²) >= 11 is 12.9. The van der Waals surface area contributed by atoms with Gasteiger partial charge in [0.05, 0.1) is 27.8 Å². The Morgan fingerprint density at radius 2 is 1.50 bits per heavy atom. The van der Waals surface area contributed by atoms with Crippen LogP contribution in [0.15, 0.2) is 87.8 Å². The van der Waals surface area contributed by atoms with Crippen molar-refractivity contribution in [1.29, 1.82) is 0 Å². The first-order chi connectivity index (χ1) is 14.7. The van der Waals surface area contributed by atoms with E-state index in [9.17, 15) is 0 Å². The fraction of sp³-hybridized carbons (Fsp3) is 0.125. The van der Waals surface area contributed by atoms with Crippen molar-refractivity contribution in [2.75, 3.05) is 0 Å². The van der Waals surface area contributed by atoms with Crippen LogP contribution in [0.3, 0.4) is 0 Å². The Morgan fingerprint density at radius 1 is 0.767 bits per heavy atom. The van der Waals surface area contributed by atoms with Crippen LogP contribution >= 0.6 is 23.2 Å². The Hall–Kier alpha value is -2.95. The molecule has 0 spiro atoms. The first kappa shape index (κ1) is 19.0. The van der Waals surface area contributed by atoms with E-state index in [-0.39, 0.29) is 6.10 Å². The fourth-order valence-corrected chi connectivity index (χ4v) is 4.04. The molecular weight excluding hydrogens is 417 g/mol. The summed E-state index contributed by atoms with van der Waals surface area (Å²) in [5.74, 6) is 0.631. The first-order valence-electron chi connectivity index (χ1n) is 9.65. The SMILES string of the molecule is ClC1=Nc2ccccc2N=C(C2CC(c3ccccc3)=Nc3c(Cl)cccc3O2)C1. The highest BCUT2D eigenvalue weighted by Crippen LogP contribution is 2.40. The summed E-state index contributed by atoms with van der Waals surface area (Å²) in [4.78, 5) is 14.3. The second-order valence-electron chi connectivity index (χ2n) is 7.08. The normalized spacial score (nSPS) is 17.9. The van der Waals surface area contributed by atoms with Gasteiger partial charge in [0.25, 0.3) is 0 Å². The number of hydrogen-bond acceptors (Lipinski definition) is 4. The van der Waals surface area contributed by atoms with E-state index in [4.69, 9.17) is 37.9 Å². The van der Waals surface area contributed by atoms with Crippen LogP contribution in [0.1, 0.15) is 18.4 Å². The van der Waals surface area contributed by atoms with E-state index in [2.05, 4.69) is 4.99 Å². The summed E-state index contributed by atoms with van der Waals surface area (Å²) in [7, 11) is 0. The summed E-state index contributed by atoms with van der Waals surface area (Å²) in [5.41, 5.74) is 4.89. The molecular formula is C24H17Cl2N3O. The minimum absolute atomic E-state index is 0.348. The van der Waals surface area contributed by atoms with Gasteiger partial charge in [0.2, 0.25) is 0 Å². The third-order valence-electron chi connectivity index (χ3n) is 5.04. The Balaban J connectivity index is 1.62. The van der Waals surface area contributed by atoms with Gasteiger partial charge < -0.3 is 4.74 Å². The van der Waals surface area contributed by atoms with Crippen LogP contribution in [-0.2, 0) is 0 Å². The Labute approximate surface area is 184 Å². The highest BCUT2D eigenvalue weighted by molar-refractivity contribution is 6.67. The molecule has 2 heterocycles. The Morgan fingerprint density at radius 3 is 2.30 bits per heavy atom. The van der Waals surface area contributed by atoms with Gasteiger partial charge in [0, 0.05) is 12.8 Å². The summed E-state index contributed by atoms with van der Waals surface area (Å²) < 4.78 is 6.40. The minimum atomic E-state index is -0.348. The number of nitrogens with zero attached hydrogens (tertiary/aromatic N) is 3. The fourth-order valence-electron chi connectivity index (χ4n) is 3.60. The molecule has 0 saturated heterocycles. The highest BCUT2D eigenvalue weighted by atomic mass is 35.5.